The van der Waals surface area contributed by atoms with Crippen molar-refractivity contribution >= 4 is 11.7 Å². The summed E-state index contributed by atoms with van der Waals surface area (Å²) in [6, 6.07) is 3.74. The molecule has 0 fully saturated rings. The van der Waals surface area contributed by atoms with Crippen LogP contribution < -0.4 is 5.32 Å². The predicted molar refractivity (Wildman–Crippen MR) is 63.9 cm³/mol. The van der Waals surface area contributed by atoms with Crippen molar-refractivity contribution in [3.05, 3.63) is 47.3 Å². The van der Waals surface area contributed by atoms with Crippen LogP contribution >= 0.6 is 0 Å². The molecule has 0 saturated carbocycles. The molecule has 19 heavy (non-hydrogen) atoms. The van der Waals surface area contributed by atoms with Crippen molar-refractivity contribution < 1.29 is 18.7 Å². The van der Waals surface area contributed by atoms with Crippen LogP contribution in [0, 0.1) is 11.6 Å². The Morgan fingerprint density at radius 1 is 1.47 bits per heavy atom. The monoisotopic (exact) mass is 267 g/mol. The topological polar surface area (TPSA) is 67.2 Å². The Hall–Kier alpha value is -2.44. The number of rotatable bonds is 4. The van der Waals surface area contributed by atoms with Gasteiger partial charge in [0.25, 0.3) is 0 Å². The lowest BCUT2D eigenvalue weighted by Gasteiger charge is -2.09. The second-order valence-electron chi connectivity index (χ2n) is 3.89. The minimum Gasteiger partial charge on any atom is -0.478 e. The van der Waals surface area contributed by atoms with Crippen LogP contribution in [-0.2, 0) is 13.6 Å². The lowest BCUT2D eigenvalue weighted by Crippen LogP contribution is -2.11. The number of aromatic carboxylic acids is 1. The maximum atomic E-state index is 13.4. The number of hydrogen-bond donors (Lipinski definition) is 2. The van der Waals surface area contributed by atoms with Gasteiger partial charge in [-0.3, -0.25) is 4.68 Å². The lowest BCUT2D eigenvalue weighted by molar-refractivity contribution is 0.0695. The van der Waals surface area contributed by atoms with E-state index in [1.165, 1.54) is 23.0 Å². The number of nitrogens with one attached hydrogen (secondary N) is 1. The minimum atomic E-state index is -1.12. The van der Waals surface area contributed by atoms with Gasteiger partial charge in [0.2, 0.25) is 0 Å². The van der Waals surface area contributed by atoms with E-state index < -0.39 is 17.6 Å². The van der Waals surface area contributed by atoms with Crippen molar-refractivity contribution in [1.29, 1.82) is 0 Å². The van der Waals surface area contributed by atoms with Crippen molar-refractivity contribution in [2.45, 2.75) is 6.54 Å². The second-order valence-corrected chi connectivity index (χ2v) is 3.89. The molecule has 2 aromatic rings. The number of anilines is 1. The number of nitrogens with zero attached hydrogens (tertiary/aromatic N) is 2. The Morgan fingerprint density at radius 2 is 2.21 bits per heavy atom. The molecular weight excluding hydrogens is 256 g/mol. The predicted octanol–water partition coefficient (Wildman–Crippen LogP) is 2.01. The highest BCUT2D eigenvalue weighted by Crippen LogP contribution is 2.18. The molecule has 0 aliphatic rings. The number of halogens is 2. The molecule has 100 valence electrons. The highest BCUT2D eigenvalue weighted by Gasteiger charge is 2.15. The second kappa shape index (κ2) is 5.05. The number of carboxylic acids is 1. The van der Waals surface area contributed by atoms with E-state index in [0.717, 1.165) is 6.07 Å². The van der Waals surface area contributed by atoms with E-state index in [1.54, 1.807) is 7.05 Å². The average molecular weight is 267 g/mol. The van der Waals surface area contributed by atoms with E-state index in [-0.39, 0.29) is 17.8 Å². The molecule has 0 aliphatic heterocycles. The van der Waals surface area contributed by atoms with E-state index in [2.05, 4.69) is 10.4 Å². The van der Waals surface area contributed by atoms with Gasteiger partial charge in [0, 0.05) is 7.05 Å². The Balaban J connectivity index is 2.21. The molecule has 0 amide bonds. The summed E-state index contributed by atoms with van der Waals surface area (Å²) in [5.41, 5.74) is 0.362. The van der Waals surface area contributed by atoms with Gasteiger partial charge < -0.3 is 10.4 Å². The number of aromatic nitrogens is 2. The highest BCUT2D eigenvalue weighted by atomic mass is 19.2. The molecule has 0 bridgehead atoms. The number of hydrogen-bond acceptors (Lipinski definition) is 3. The largest absolute Gasteiger partial charge is 0.478 e. The van der Waals surface area contributed by atoms with Gasteiger partial charge in [-0.2, -0.15) is 5.10 Å². The van der Waals surface area contributed by atoms with Gasteiger partial charge in [0.05, 0.1) is 24.1 Å². The maximum Gasteiger partial charge on any atom is 0.339 e. The van der Waals surface area contributed by atoms with Crippen molar-refractivity contribution in [2.75, 3.05) is 5.32 Å². The third kappa shape index (κ3) is 2.54. The van der Waals surface area contributed by atoms with E-state index in [0.29, 0.717) is 5.69 Å². The molecule has 0 radical (unpaired) electrons. The van der Waals surface area contributed by atoms with Gasteiger partial charge >= 0.3 is 5.97 Å². The number of benzene rings is 1. The molecule has 2 rings (SSSR count). The molecule has 2 N–H and O–H groups in total. The van der Waals surface area contributed by atoms with Crippen molar-refractivity contribution in [1.82, 2.24) is 9.78 Å². The molecule has 0 unspecified atom stereocenters. The molecule has 0 saturated heterocycles. The first-order valence-electron chi connectivity index (χ1n) is 5.42. The van der Waals surface area contributed by atoms with Gasteiger partial charge in [0.15, 0.2) is 11.6 Å². The zero-order valence-electron chi connectivity index (χ0n) is 10.0. The third-order valence-corrected chi connectivity index (χ3v) is 2.69. The molecule has 0 aliphatic carbocycles. The van der Waals surface area contributed by atoms with Crippen LogP contribution in [0.15, 0.2) is 24.4 Å². The summed E-state index contributed by atoms with van der Waals surface area (Å²) < 4.78 is 27.8. The molecule has 7 heteroatoms. The minimum absolute atomic E-state index is 0.0202. The molecule has 1 aromatic heterocycles. The Kier molecular flexibility index (Phi) is 3.46. The van der Waals surface area contributed by atoms with Crippen LogP contribution in [0.5, 0.6) is 0 Å². The van der Waals surface area contributed by atoms with E-state index in [1.807, 2.05) is 0 Å². The van der Waals surface area contributed by atoms with Crippen LogP contribution in [0.2, 0.25) is 0 Å². The first-order valence-corrected chi connectivity index (χ1v) is 5.42. The first-order chi connectivity index (χ1) is 9.00. The van der Waals surface area contributed by atoms with Gasteiger partial charge in [-0.1, -0.05) is 6.07 Å². The molecule has 1 aromatic carbocycles. The average Bonchev–Trinajstić information content (AvgIpc) is 2.73. The van der Waals surface area contributed by atoms with Crippen LogP contribution in [0.4, 0.5) is 14.5 Å². The van der Waals surface area contributed by atoms with Crippen LogP contribution in [-0.4, -0.2) is 20.9 Å². The van der Waals surface area contributed by atoms with E-state index in [4.69, 9.17) is 5.11 Å². The van der Waals surface area contributed by atoms with Crippen molar-refractivity contribution in [3.8, 4) is 0 Å². The van der Waals surface area contributed by atoms with Crippen LogP contribution in [0.1, 0.15) is 16.1 Å². The third-order valence-electron chi connectivity index (χ3n) is 2.69. The van der Waals surface area contributed by atoms with E-state index >= 15 is 0 Å². The standard InChI is InChI=1S/C12H11F2N3O2/c1-17-10(7(5-16-17)12(18)19)6-15-9-4-2-3-8(13)11(9)14/h2-5,15H,6H2,1H3,(H,18,19). The quantitative estimate of drug-likeness (QED) is 0.889. The summed E-state index contributed by atoms with van der Waals surface area (Å²) in [5.74, 6) is -3.08. The normalized spacial score (nSPS) is 10.5. The smallest absolute Gasteiger partial charge is 0.339 e. The summed E-state index contributed by atoms with van der Waals surface area (Å²) in [5, 5.41) is 15.4. The summed E-state index contributed by atoms with van der Waals surface area (Å²) in [7, 11) is 1.57. The number of aryl methyl sites for hydroxylation is 1. The van der Waals surface area contributed by atoms with Gasteiger partial charge in [-0.05, 0) is 12.1 Å². The fourth-order valence-corrected chi connectivity index (χ4v) is 1.67. The fraction of sp³-hybridized carbons (Fsp3) is 0.167. The molecular formula is C12H11F2N3O2. The Bertz CT molecular complexity index is 625. The van der Waals surface area contributed by atoms with Crippen molar-refractivity contribution in [3.63, 3.8) is 0 Å². The molecule has 5 nitrogen and oxygen atoms in total. The SMILES string of the molecule is Cn1ncc(C(=O)O)c1CNc1cccc(F)c1F. The lowest BCUT2D eigenvalue weighted by atomic mass is 10.2. The summed E-state index contributed by atoms with van der Waals surface area (Å²) in [4.78, 5) is 11.0. The van der Waals surface area contributed by atoms with E-state index in [9.17, 15) is 13.6 Å². The maximum absolute atomic E-state index is 13.4. The summed E-state index contributed by atoms with van der Waals surface area (Å²) >= 11 is 0. The zero-order chi connectivity index (χ0) is 14.0. The van der Waals surface area contributed by atoms with Crippen LogP contribution in [0.25, 0.3) is 0 Å². The molecule has 0 spiro atoms. The number of carboxylic acid groups (broad SMARTS) is 1. The number of carbonyl (C=O) groups is 1. The zero-order valence-corrected chi connectivity index (χ0v) is 10.0. The van der Waals surface area contributed by atoms with Gasteiger partial charge in [-0.25, -0.2) is 13.6 Å². The molecule has 1 heterocycles. The van der Waals surface area contributed by atoms with Gasteiger partial charge in [-0.15, -0.1) is 0 Å². The van der Waals surface area contributed by atoms with Crippen LogP contribution in [0.3, 0.4) is 0 Å². The van der Waals surface area contributed by atoms with Gasteiger partial charge in [0.1, 0.15) is 5.56 Å². The summed E-state index contributed by atoms with van der Waals surface area (Å²) in [6.45, 7) is 0.0263. The Labute approximate surface area is 107 Å². The first kappa shape index (κ1) is 13.0. The summed E-state index contributed by atoms with van der Waals surface area (Å²) in [6.07, 6.45) is 1.21. The molecule has 0 atom stereocenters. The highest BCUT2D eigenvalue weighted by molar-refractivity contribution is 5.88. The fourth-order valence-electron chi connectivity index (χ4n) is 1.67. The Morgan fingerprint density at radius 3 is 2.89 bits per heavy atom. The van der Waals surface area contributed by atoms with Crippen molar-refractivity contribution in [2.24, 2.45) is 7.05 Å².